The van der Waals surface area contributed by atoms with Crippen molar-refractivity contribution in [2.45, 2.75) is 20.8 Å². The minimum atomic E-state index is -0.862. The number of hydrogen-bond donors (Lipinski definition) is 0. The molecule has 0 bridgehead atoms. The van der Waals surface area contributed by atoms with Crippen molar-refractivity contribution in [2.75, 3.05) is 13.2 Å². The Hall–Kier alpha value is -2.24. The lowest BCUT2D eigenvalue weighted by molar-refractivity contribution is 0.0839. The van der Waals surface area contributed by atoms with Crippen LogP contribution in [0, 0.1) is 5.92 Å². The Bertz CT molecular complexity index is 455. The predicted molar refractivity (Wildman–Crippen MR) is 70.9 cm³/mol. The zero-order valence-electron chi connectivity index (χ0n) is 11.8. The van der Waals surface area contributed by atoms with Gasteiger partial charge in [-0.1, -0.05) is 26.0 Å². The van der Waals surface area contributed by atoms with Crippen molar-refractivity contribution in [3.05, 3.63) is 24.3 Å². The number of ether oxygens (including phenoxy) is 4. The van der Waals surface area contributed by atoms with Crippen LogP contribution in [0.1, 0.15) is 20.8 Å². The fraction of sp³-hybridized carbons (Fsp3) is 0.429. The number of benzene rings is 1. The van der Waals surface area contributed by atoms with E-state index in [2.05, 4.69) is 4.74 Å². The van der Waals surface area contributed by atoms with Crippen LogP contribution in [0.25, 0.3) is 0 Å². The first-order valence-electron chi connectivity index (χ1n) is 6.31. The summed E-state index contributed by atoms with van der Waals surface area (Å²) in [4.78, 5) is 22.7. The normalized spacial score (nSPS) is 10.0. The van der Waals surface area contributed by atoms with Gasteiger partial charge in [-0.3, -0.25) is 0 Å². The van der Waals surface area contributed by atoms with Crippen molar-refractivity contribution in [3.63, 3.8) is 0 Å². The van der Waals surface area contributed by atoms with Crippen molar-refractivity contribution in [1.29, 1.82) is 0 Å². The first kappa shape index (κ1) is 15.8. The second-order valence-electron chi connectivity index (χ2n) is 4.29. The summed E-state index contributed by atoms with van der Waals surface area (Å²) in [6.07, 6.45) is -1.71. The van der Waals surface area contributed by atoms with Crippen LogP contribution in [0.2, 0.25) is 0 Å². The van der Waals surface area contributed by atoms with Crippen molar-refractivity contribution >= 4 is 12.3 Å². The lowest BCUT2D eigenvalue weighted by Crippen LogP contribution is -2.16. The summed E-state index contributed by atoms with van der Waals surface area (Å²) in [7, 11) is 0. The Labute approximate surface area is 117 Å². The van der Waals surface area contributed by atoms with Crippen LogP contribution in [0.4, 0.5) is 9.59 Å². The van der Waals surface area contributed by atoms with E-state index in [1.165, 1.54) is 12.1 Å². The third-order valence-electron chi connectivity index (χ3n) is 2.03. The van der Waals surface area contributed by atoms with E-state index < -0.39 is 12.3 Å². The van der Waals surface area contributed by atoms with Gasteiger partial charge in [0.25, 0.3) is 0 Å². The molecule has 0 radical (unpaired) electrons. The van der Waals surface area contributed by atoms with E-state index in [9.17, 15) is 9.59 Å². The van der Waals surface area contributed by atoms with Crippen LogP contribution < -0.4 is 9.47 Å². The van der Waals surface area contributed by atoms with E-state index in [4.69, 9.17) is 14.2 Å². The van der Waals surface area contributed by atoms with Gasteiger partial charge in [0.2, 0.25) is 0 Å². The largest absolute Gasteiger partial charge is 0.513 e. The molecule has 0 spiro atoms. The average molecular weight is 282 g/mol. The van der Waals surface area contributed by atoms with Crippen LogP contribution >= 0.6 is 0 Å². The summed E-state index contributed by atoms with van der Waals surface area (Å²) < 4.78 is 19.4. The van der Waals surface area contributed by atoms with Crippen molar-refractivity contribution in [1.82, 2.24) is 0 Å². The summed E-state index contributed by atoms with van der Waals surface area (Å²) in [5.41, 5.74) is 0. The Kier molecular flexibility index (Phi) is 6.36. The van der Waals surface area contributed by atoms with Gasteiger partial charge in [0.15, 0.2) is 11.5 Å². The van der Waals surface area contributed by atoms with Crippen molar-refractivity contribution < 1.29 is 28.5 Å². The van der Waals surface area contributed by atoms with Crippen molar-refractivity contribution in [3.8, 4) is 11.5 Å². The second kappa shape index (κ2) is 8.04. The molecule has 6 nitrogen and oxygen atoms in total. The molecular weight excluding hydrogens is 264 g/mol. The summed E-state index contributed by atoms with van der Waals surface area (Å²) in [5, 5.41) is 0. The molecule has 0 fully saturated rings. The highest BCUT2D eigenvalue weighted by atomic mass is 16.7. The van der Waals surface area contributed by atoms with E-state index >= 15 is 0 Å². The van der Waals surface area contributed by atoms with Gasteiger partial charge >= 0.3 is 12.3 Å². The maximum Gasteiger partial charge on any atom is 0.513 e. The van der Waals surface area contributed by atoms with Gasteiger partial charge in [0.1, 0.15) is 0 Å². The van der Waals surface area contributed by atoms with Crippen LogP contribution in [-0.4, -0.2) is 25.5 Å². The third kappa shape index (κ3) is 5.60. The Balaban J connectivity index is 2.65. The topological polar surface area (TPSA) is 71.1 Å². The zero-order chi connectivity index (χ0) is 15.0. The van der Waals surface area contributed by atoms with Gasteiger partial charge in [-0.05, 0) is 25.0 Å². The molecule has 0 saturated heterocycles. The maximum atomic E-state index is 11.5. The quantitative estimate of drug-likeness (QED) is 0.609. The second-order valence-corrected chi connectivity index (χ2v) is 4.29. The Morgan fingerprint density at radius 2 is 1.50 bits per heavy atom. The van der Waals surface area contributed by atoms with Gasteiger partial charge in [-0.2, -0.15) is 0 Å². The molecule has 0 unspecified atom stereocenters. The first-order chi connectivity index (χ1) is 9.52. The van der Waals surface area contributed by atoms with E-state index in [0.29, 0.717) is 0 Å². The standard InChI is InChI=1S/C14H18O6/c1-4-17-13(15)19-11-7-5-6-8-12(11)20-14(16)18-9-10(2)3/h5-8,10H,4,9H2,1-3H3. The zero-order valence-corrected chi connectivity index (χ0v) is 11.8. The van der Waals surface area contributed by atoms with Crippen LogP contribution in [0.5, 0.6) is 11.5 Å². The molecule has 1 aromatic carbocycles. The highest BCUT2D eigenvalue weighted by Crippen LogP contribution is 2.27. The van der Waals surface area contributed by atoms with Crippen LogP contribution in [-0.2, 0) is 9.47 Å². The first-order valence-corrected chi connectivity index (χ1v) is 6.31. The maximum absolute atomic E-state index is 11.5. The fourth-order valence-electron chi connectivity index (χ4n) is 1.21. The number of hydrogen-bond acceptors (Lipinski definition) is 6. The molecule has 0 saturated carbocycles. The monoisotopic (exact) mass is 282 g/mol. The molecule has 0 aromatic heterocycles. The van der Waals surface area contributed by atoms with E-state index in [-0.39, 0.29) is 30.6 Å². The lowest BCUT2D eigenvalue weighted by Gasteiger charge is -2.10. The minimum Gasteiger partial charge on any atom is -0.434 e. The molecule has 0 aliphatic heterocycles. The fourth-order valence-corrected chi connectivity index (χ4v) is 1.21. The Morgan fingerprint density at radius 1 is 1.00 bits per heavy atom. The summed E-state index contributed by atoms with van der Waals surface area (Å²) in [5.74, 6) is 0.385. The minimum absolute atomic E-state index is 0.0902. The van der Waals surface area contributed by atoms with Gasteiger partial charge < -0.3 is 18.9 Å². The number of carbonyl (C=O) groups excluding carboxylic acids is 2. The average Bonchev–Trinajstić information content (AvgIpc) is 2.39. The van der Waals surface area contributed by atoms with Gasteiger partial charge in [-0.25, -0.2) is 9.59 Å². The van der Waals surface area contributed by atoms with E-state index in [1.54, 1.807) is 19.1 Å². The van der Waals surface area contributed by atoms with Crippen molar-refractivity contribution in [2.24, 2.45) is 5.92 Å². The lowest BCUT2D eigenvalue weighted by atomic mass is 10.2. The molecule has 0 atom stereocenters. The molecule has 0 aliphatic carbocycles. The molecule has 0 amide bonds. The number of para-hydroxylation sites is 2. The highest BCUT2D eigenvalue weighted by molar-refractivity contribution is 5.68. The number of rotatable bonds is 5. The number of carbonyl (C=O) groups is 2. The van der Waals surface area contributed by atoms with E-state index in [0.717, 1.165) is 0 Å². The summed E-state index contributed by atoms with van der Waals surface area (Å²) in [6, 6.07) is 6.26. The Morgan fingerprint density at radius 3 is 1.95 bits per heavy atom. The molecule has 6 heteroatoms. The van der Waals surface area contributed by atoms with Gasteiger partial charge in [0, 0.05) is 0 Å². The molecule has 0 heterocycles. The summed E-state index contributed by atoms with van der Waals surface area (Å²) in [6.45, 7) is 5.92. The molecule has 0 N–H and O–H groups in total. The summed E-state index contributed by atoms with van der Waals surface area (Å²) >= 11 is 0. The molecule has 0 aliphatic rings. The molecule has 110 valence electrons. The predicted octanol–water partition coefficient (Wildman–Crippen LogP) is 3.39. The molecule has 1 rings (SSSR count). The SMILES string of the molecule is CCOC(=O)Oc1ccccc1OC(=O)OCC(C)C. The highest BCUT2D eigenvalue weighted by Gasteiger charge is 2.14. The van der Waals surface area contributed by atoms with Gasteiger partial charge in [0.05, 0.1) is 13.2 Å². The third-order valence-corrected chi connectivity index (χ3v) is 2.03. The molecular formula is C14H18O6. The van der Waals surface area contributed by atoms with Crippen LogP contribution in [0.3, 0.4) is 0 Å². The van der Waals surface area contributed by atoms with Gasteiger partial charge in [-0.15, -0.1) is 0 Å². The smallest absolute Gasteiger partial charge is 0.434 e. The molecule has 1 aromatic rings. The van der Waals surface area contributed by atoms with Crippen LogP contribution in [0.15, 0.2) is 24.3 Å². The molecule has 20 heavy (non-hydrogen) atoms. The van der Waals surface area contributed by atoms with E-state index in [1.807, 2.05) is 13.8 Å².